The third-order valence-corrected chi connectivity index (χ3v) is 2.63. The molecule has 1 unspecified atom stereocenters. The number of hydrogen-bond donors (Lipinski definition) is 3. The van der Waals surface area contributed by atoms with Gasteiger partial charge in [-0.05, 0) is 6.92 Å². The van der Waals surface area contributed by atoms with Crippen molar-refractivity contribution in [2.45, 2.75) is 19.4 Å². The topological polar surface area (TPSA) is 101 Å². The summed E-state index contributed by atoms with van der Waals surface area (Å²) in [6.45, 7) is 1.82. The number of oxime groups is 1. The van der Waals surface area contributed by atoms with Gasteiger partial charge in [-0.3, -0.25) is 4.79 Å². The first-order valence-corrected chi connectivity index (χ1v) is 5.16. The smallest absolute Gasteiger partial charge is 0.228 e. The van der Waals surface area contributed by atoms with Crippen LogP contribution in [-0.4, -0.2) is 21.9 Å². The van der Waals surface area contributed by atoms with Crippen molar-refractivity contribution in [1.82, 2.24) is 10.3 Å². The van der Waals surface area contributed by atoms with Crippen LogP contribution in [0.1, 0.15) is 24.4 Å². The fourth-order valence-electron chi connectivity index (χ4n) is 1.00. The summed E-state index contributed by atoms with van der Waals surface area (Å²) < 4.78 is 0. The van der Waals surface area contributed by atoms with Crippen LogP contribution in [0.3, 0.4) is 0 Å². The second-order valence-electron chi connectivity index (χ2n) is 2.93. The molecule has 1 heterocycles. The lowest BCUT2D eigenvalue weighted by Crippen LogP contribution is -2.30. The minimum absolute atomic E-state index is 0.112. The summed E-state index contributed by atoms with van der Waals surface area (Å²) in [6.07, 6.45) is 1.55. The summed E-state index contributed by atoms with van der Waals surface area (Å²) in [5.74, 6) is -0.410. The quantitative estimate of drug-likeness (QED) is 0.301. The maximum atomic E-state index is 11.3. The summed E-state index contributed by atoms with van der Waals surface area (Å²) >= 11 is 1.46. The highest BCUT2D eigenvalue weighted by Gasteiger charge is 2.12. The van der Waals surface area contributed by atoms with Crippen LogP contribution in [0.2, 0.25) is 0 Å². The van der Waals surface area contributed by atoms with Gasteiger partial charge in [-0.1, -0.05) is 5.16 Å². The Hall–Kier alpha value is -1.63. The molecule has 0 aliphatic carbocycles. The van der Waals surface area contributed by atoms with Crippen LogP contribution in [0.15, 0.2) is 16.7 Å². The van der Waals surface area contributed by atoms with Crippen molar-refractivity contribution in [2.75, 3.05) is 0 Å². The predicted octanol–water partition coefficient (Wildman–Crippen LogP) is 0.457. The van der Waals surface area contributed by atoms with Gasteiger partial charge in [0.05, 0.1) is 12.5 Å². The average Bonchev–Trinajstić information content (AvgIpc) is 2.70. The largest absolute Gasteiger partial charge is 0.409 e. The van der Waals surface area contributed by atoms with E-state index in [9.17, 15) is 4.79 Å². The maximum absolute atomic E-state index is 11.3. The van der Waals surface area contributed by atoms with E-state index in [1.54, 1.807) is 6.20 Å². The van der Waals surface area contributed by atoms with Gasteiger partial charge in [-0.2, -0.15) is 0 Å². The molecule has 0 aliphatic heterocycles. The molecule has 0 fully saturated rings. The first kappa shape index (κ1) is 11.4. The van der Waals surface area contributed by atoms with Crippen molar-refractivity contribution in [1.29, 1.82) is 0 Å². The zero-order valence-corrected chi connectivity index (χ0v) is 8.99. The summed E-state index contributed by atoms with van der Waals surface area (Å²) in [4.78, 5) is 15.4. The third-order valence-electron chi connectivity index (χ3n) is 1.67. The molecule has 0 aliphatic rings. The second-order valence-corrected chi connectivity index (χ2v) is 3.85. The number of rotatable bonds is 4. The zero-order valence-electron chi connectivity index (χ0n) is 8.17. The first-order valence-electron chi connectivity index (χ1n) is 4.28. The van der Waals surface area contributed by atoms with Crippen molar-refractivity contribution in [2.24, 2.45) is 10.9 Å². The molecule has 0 saturated carbocycles. The number of aromatic nitrogens is 1. The molecule has 82 valence electrons. The predicted molar refractivity (Wildman–Crippen MR) is 56.7 cm³/mol. The average molecular weight is 228 g/mol. The van der Waals surface area contributed by atoms with Crippen molar-refractivity contribution in [3.8, 4) is 0 Å². The van der Waals surface area contributed by atoms with Gasteiger partial charge in [-0.25, -0.2) is 4.98 Å². The SMILES string of the molecule is CC(NC(=O)CC(N)=NO)c1nccs1. The number of nitrogens with one attached hydrogen (secondary N) is 1. The molecule has 1 rings (SSSR count). The van der Waals surface area contributed by atoms with Crippen molar-refractivity contribution in [3.05, 3.63) is 16.6 Å². The number of carbonyl (C=O) groups excluding carboxylic acids is 1. The monoisotopic (exact) mass is 228 g/mol. The minimum Gasteiger partial charge on any atom is -0.409 e. The van der Waals surface area contributed by atoms with Gasteiger partial charge in [0.25, 0.3) is 0 Å². The molecule has 0 aromatic carbocycles. The normalized spacial score (nSPS) is 13.5. The standard InChI is InChI=1S/C8H12N4O2S/c1-5(8-10-2-3-15-8)11-7(13)4-6(9)12-14/h2-3,5,14H,4H2,1H3,(H2,9,12)(H,11,13). The second kappa shape index (κ2) is 5.30. The molecule has 1 amide bonds. The molecule has 0 spiro atoms. The number of amidine groups is 1. The van der Waals surface area contributed by atoms with Gasteiger partial charge < -0.3 is 16.3 Å². The van der Waals surface area contributed by atoms with E-state index in [4.69, 9.17) is 10.9 Å². The van der Waals surface area contributed by atoms with E-state index in [-0.39, 0.29) is 24.2 Å². The van der Waals surface area contributed by atoms with Gasteiger partial charge in [0.15, 0.2) is 0 Å². The van der Waals surface area contributed by atoms with E-state index >= 15 is 0 Å². The van der Waals surface area contributed by atoms with Gasteiger partial charge in [0, 0.05) is 11.6 Å². The van der Waals surface area contributed by atoms with Gasteiger partial charge >= 0.3 is 0 Å². The van der Waals surface area contributed by atoms with E-state index < -0.39 is 0 Å². The van der Waals surface area contributed by atoms with Crippen molar-refractivity contribution < 1.29 is 10.0 Å². The zero-order chi connectivity index (χ0) is 11.3. The Labute approximate surface area is 90.8 Å². The summed E-state index contributed by atoms with van der Waals surface area (Å²) in [7, 11) is 0. The molecule has 0 saturated heterocycles. The third kappa shape index (κ3) is 3.55. The molecule has 1 aromatic heterocycles. The van der Waals surface area contributed by atoms with Crippen LogP contribution in [0.4, 0.5) is 0 Å². The summed E-state index contributed by atoms with van der Waals surface area (Å²) in [5, 5.41) is 16.3. The summed E-state index contributed by atoms with van der Waals surface area (Å²) in [6, 6.07) is -0.163. The highest BCUT2D eigenvalue weighted by molar-refractivity contribution is 7.09. The van der Waals surface area contributed by atoms with E-state index in [2.05, 4.69) is 15.5 Å². The number of hydrogen-bond acceptors (Lipinski definition) is 5. The van der Waals surface area contributed by atoms with Crippen LogP contribution in [0, 0.1) is 0 Å². The number of amides is 1. The Kier molecular flexibility index (Phi) is 4.04. The highest BCUT2D eigenvalue weighted by atomic mass is 32.1. The lowest BCUT2D eigenvalue weighted by Gasteiger charge is -2.10. The van der Waals surface area contributed by atoms with E-state index in [0.29, 0.717) is 0 Å². The lowest BCUT2D eigenvalue weighted by atomic mass is 10.3. The fourth-order valence-corrected chi connectivity index (χ4v) is 1.65. The molecule has 1 atom stereocenters. The first-order chi connectivity index (χ1) is 7.13. The molecular formula is C8H12N4O2S. The van der Waals surface area contributed by atoms with Crippen molar-refractivity contribution >= 4 is 23.1 Å². The summed E-state index contributed by atoms with van der Waals surface area (Å²) in [5.41, 5.74) is 5.19. The number of carbonyl (C=O) groups is 1. The fraction of sp³-hybridized carbons (Fsp3) is 0.375. The Morgan fingerprint density at radius 3 is 3.13 bits per heavy atom. The molecular weight excluding hydrogens is 216 g/mol. The molecule has 0 radical (unpaired) electrons. The molecule has 7 heteroatoms. The lowest BCUT2D eigenvalue weighted by molar-refractivity contribution is -0.120. The minimum atomic E-state index is -0.298. The van der Waals surface area contributed by atoms with Crippen LogP contribution in [0.5, 0.6) is 0 Å². The molecule has 0 bridgehead atoms. The van der Waals surface area contributed by atoms with Gasteiger partial charge in [-0.15, -0.1) is 11.3 Å². The van der Waals surface area contributed by atoms with Gasteiger partial charge in [0.2, 0.25) is 5.91 Å². The molecule has 6 nitrogen and oxygen atoms in total. The van der Waals surface area contributed by atoms with Gasteiger partial charge in [0.1, 0.15) is 10.8 Å². The van der Waals surface area contributed by atoms with E-state index in [1.165, 1.54) is 11.3 Å². The van der Waals surface area contributed by atoms with E-state index in [1.807, 2.05) is 12.3 Å². The Morgan fingerprint density at radius 2 is 2.60 bits per heavy atom. The highest BCUT2D eigenvalue weighted by Crippen LogP contribution is 2.14. The Balaban J connectivity index is 2.45. The van der Waals surface area contributed by atoms with Crippen LogP contribution in [-0.2, 0) is 4.79 Å². The Morgan fingerprint density at radius 1 is 1.87 bits per heavy atom. The van der Waals surface area contributed by atoms with Crippen molar-refractivity contribution in [3.63, 3.8) is 0 Å². The van der Waals surface area contributed by atoms with Crippen LogP contribution < -0.4 is 11.1 Å². The molecule has 4 N–H and O–H groups in total. The van der Waals surface area contributed by atoms with Crippen LogP contribution >= 0.6 is 11.3 Å². The number of thiazole rings is 1. The van der Waals surface area contributed by atoms with Crippen LogP contribution in [0.25, 0.3) is 0 Å². The number of nitrogens with two attached hydrogens (primary N) is 1. The number of nitrogens with zero attached hydrogens (tertiary/aromatic N) is 2. The molecule has 1 aromatic rings. The maximum Gasteiger partial charge on any atom is 0.228 e. The molecule has 15 heavy (non-hydrogen) atoms. The van der Waals surface area contributed by atoms with E-state index in [0.717, 1.165) is 5.01 Å². The Bertz CT molecular complexity index is 350.